The maximum atomic E-state index is 12.0. The van der Waals surface area contributed by atoms with Gasteiger partial charge in [-0.2, -0.15) is 0 Å². The van der Waals surface area contributed by atoms with Crippen LogP contribution in [0.3, 0.4) is 0 Å². The largest absolute Gasteiger partial charge is 0.491 e. The second-order valence-corrected chi connectivity index (χ2v) is 17.3. The van der Waals surface area contributed by atoms with Gasteiger partial charge in [0.15, 0.2) is 0 Å². The summed E-state index contributed by atoms with van der Waals surface area (Å²) in [4.78, 5) is 47.4. The summed E-state index contributed by atoms with van der Waals surface area (Å²) >= 11 is 0. The van der Waals surface area contributed by atoms with E-state index in [1.54, 1.807) is 0 Å². The van der Waals surface area contributed by atoms with Crippen LogP contribution in [0.5, 0.6) is 11.5 Å². The molecule has 6 amide bonds. The molecule has 0 aliphatic rings. The van der Waals surface area contributed by atoms with Gasteiger partial charge in [-0.1, -0.05) is 24.3 Å². The number of hydrogen-bond acceptors (Lipinski definition) is 12. The third-order valence-electron chi connectivity index (χ3n) is 8.94. The van der Waals surface area contributed by atoms with Crippen molar-refractivity contribution >= 4 is 24.2 Å². The first kappa shape index (κ1) is 57.1. The molecule has 2 rings (SSSR count). The summed E-state index contributed by atoms with van der Waals surface area (Å²) in [7, 11) is 0. The quantitative estimate of drug-likeness (QED) is 0.0422. The van der Waals surface area contributed by atoms with E-state index in [2.05, 4.69) is 31.9 Å². The molecule has 0 aliphatic heterocycles. The third kappa shape index (κ3) is 34.3. The molecule has 66 heavy (non-hydrogen) atoms. The van der Waals surface area contributed by atoms with Gasteiger partial charge in [-0.3, -0.25) is 0 Å². The number of amides is 6. The van der Waals surface area contributed by atoms with Gasteiger partial charge < -0.3 is 69.8 Å². The Morgan fingerprint density at radius 3 is 1.05 bits per heavy atom. The monoisotopic (exact) mass is 933 g/mol. The van der Waals surface area contributed by atoms with Gasteiger partial charge in [0.2, 0.25) is 0 Å². The maximum absolute atomic E-state index is 12.0. The predicted octanol–water partition coefficient (Wildman–Crippen LogP) is 6.28. The Morgan fingerprint density at radius 1 is 0.379 bits per heavy atom. The smallest absolute Gasteiger partial charge is 0.407 e. The molecule has 2 aromatic rings. The molecule has 0 unspecified atom stereocenters. The number of carbonyl (C=O) groups excluding carboxylic acids is 4. The molecule has 0 atom stereocenters. The molecule has 6 N–H and O–H groups in total. The molecule has 0 spiro atoms. The second kappa shape index (κ2) is 35.2. The molecule has 2 aromatic carbocycles. The van der Waals surface area contributed by atoms with Crippen LogP contribution in [0.15, 0.2) is 48.5 Å². The zero-order valence-corrected chi connectivity index (χ0v) is 40.5. The molecule has 0 saturated carbocycles. The normalized spacial score (nSPS) is 11.3. The van der Waals surface area contributed by atoms with Crippen LogP contribution >= 0.6 is 0 Å². The Balaban J connectivity index is 1.28. The van der Waals surface area contributed by atoms with Crippen molar-refractivity contribution in [1.82, 2.24) is 31.9 Å². The predicted molar refractivity (Wildman–Crippen MR) is 254 cm³/mol. The Hall–Kier alpha value is -5.04. The summed E-state index contributed by atoms with van der Waals surface area (Å²) in [5, 5.41) is 16.7. The van der Waals surface area contributed by atoms with Crippen LogP contribution in [0.25, 0.3) is 0 Å². The molecular weight excluding hydrogens is 853 g/mol. The minimum atomic E-state index is -0.493. The standard InChI is InChI=1S/C48H80N6O12/c1-47(2,3)65-45(57)53-25-9-7-13-39-15-19-41(20-16-39)63-37-35-61-33-31-59-29-27-51-43(55)49-23-11-12-24-50-44(56)52-28-30-60-32-34-62-36-38-64-42-21-17-40(18-22-42)14-8-10-26-54-46(58)66-48(4,5)6/h15-22H,7-14,23-38H2,1-6H3,(H,53,57)(H,54,58)(H2,49,51,55)(H2,50,52,56). The van der Waals surface area contributed by atoms with Crippen LogP contribution in [0.2, 0.25) is 0 Å². The number of nitrogens with one attached hydrogen (secondary N) is 6. The Morgan fingerprint density at radius 2 is 0.682 bits per heavy atom. The highest BCUT2D eigenvalue weighted by atomic mass is 16.6. The van der Waals surface area contributed by atoms with Gasteiger partial charge >= 0.3 is 24.2 Å². The summed E-state index contributed by atoms with van der Waals surface area (Å²) < 4.78 is 44.1. The van der Waals surface area contributed by atoms with Crippen LogP contribution in [0.4, 0.5) is 19.2 Å². The molecule has 0 aromatic heterocycles. The van der Waals surface area contributed by atoms with Gasteiger partial charge in [0.05, 0.1) is 52.9 Å². The zero-order valence-electron chi connectivity index (χ0n) is 40.5. The zero-order chi connectivity index (χ0) is 48.1. The highest BCUT2D eigenvalue weighted by Gasteiger charge is 2.16. The lowest BCUT2D eigenvalue weighted by Gasteiger charge is -2.19. The summed E-state index contributed by atoms with van der Waals surface area (Å²) in [6.45, 7) is 18.1. The molecular formula is C48H80N6O12. The summed E-state index contributed by atoms with van der Waals surface area (Å²) in [5.74, 6) is 1.56. The first-order chi connectivity index (χ1) is 31.7. The summed E-state index contributed by atoms with van der Waals surface area (Å²) in [5.41, 5.74) is 1.43. The number of ether oxygens (including phenoxy) is 8. The highest BCUT2D eigenvalue weighted by Crippen LogP contribution is 2.15. The average molecular weight is 933 g/mol. The number of hydrogen-bond donors (Lipinski definition) is 6. The molecule has 0 heterocycles. The van der Waals surface area contributed by atoms with Crippen molar-refractivity contribution in [2.75, 3.05) is 105 Å². The van der Waals surface area contributed by atoms with Crippen LogP contribution in [0, 0.1) is 0 Å². The molecule has 0 saturated heterocycles. The number of benzene rings is 2. The summed E-state index contributed by atoms with van der Waals surface area (Å²) in [6.07, 6.45) is 6.15. The number of rotatable bonds is 35. The molecule has 0 radical (unpaired) electrons. The fraction of sp³-hybridized carbons (Fsp3) is 0.667. The topological polar surface area (TPSA) is 214 Å². The molecule has 0 fully saturated rings. The fourth-order valence-corrected chi connectivity index (χ4v) is 5.76. The van der Waals surface area contributed by atoms with Gasteiger partial charge in [0, 0.05) is 39.3 Å². The van der Waals surface area contributed by atoms with Crippen LogP contribution in [0.1, 0.15) is 91.2 Å². The second-order valence-electron chi connectivity index (χ2n) is 17.3. The van der Waals surface area contributed by atoms with Gasteiger partial charge in [-0.15, -0.1) is 0 Å². The molecule has 0 bridgehead atoms. The minimum Gasteiger partial charge on any atom is -0.491 e. The lowest BCUT2D eigenvalue weighted by atomic mass is 10.1. The van der Waals surface area contributed by atoms with Crippen molar-refractivity contribution < 1.29 is 57.1 Å². The van der Waals surface area contributed by atoms with Crippen LogP contribution in [-0.2, 0) is 41.3 Å². The van der Waals surface area contributed by atoms with E-state index in [0.717, 1.165) is 50.0 Å². The fourth-order valence-electron chi connectivity index (χ4n) is 5.76. The number of urea groups is 2. The van der Waals surface area contributed by atoms with E-state index in [4.69, 9.17) is 37.9 Å². The van der Waals surface area contributed by atoms with Crippen LogP contribution < -0.4 is 41.4 Å². The Kier molecular flexibility index (Phi) is 30.4. The van der Waals surface area contributed by atoms with Gasteiger partial charge in [-0.05, 0) is 128 Å². The van der Waals surface area contributed by atoms with Crippen molar-refractivity contribution in [3.8, 4) is 11.5 Å². The van der Waals surface area contributed by atoms with Crippen molar-refractivity contribution in [2.45, 2.75) is 104 Å². The van der Waals surface area contributed by atoms with E-state index in [-0.39, 0.29) is 24.2 Å². The van der Waals surface area contributed by atoms with Gasteiger partial charge in [0.1, 0.15) is 35.9 Å². The summed E-state index contributed by atoms with van der Waals surface area (Å²) in [6, 6.07) is 15.4. The van der Waals surface area contributed by atoms with E-state index < -0.39 is 11.2 Å². The Labute approximate surface area is 392 Å². The molecule has 374 valence electrons. The average Bonchev–Trinajstić information content (AvgIpc) is 3.25. The van der Waals surface area contributed by atoms with Crippen molar-refractivity contribution in [1.29, 1.82) is 0 Å². The highest BCUT2D eigenvalue weighted by molar-refractivity contribution is 5.74. The van der Waals surface area contributed by atoms with Crippen molar-refractivity contribution in [3.63, 3.8) is 0 Å². The Bertz CT molecular complexity index is 1470. The van der Waals surface area contributed by atoms with Crippen LogP contribution in [-0.4, -0.2) is 141 Å². The third-order valence-corrected chi connectivity index (χ3v) is 8.94. The number of unbranched alkanes of at least 4 members (excludes halogenated alkanes) is 3. The van der Waals surface area contributed by atoms with Gasteiger partial charge in [0.25, 0.3) is 0 Å². The van der Waals surface area contributed by atoms with E-state index >= 15 is 0 Å². The maximum Gasteiger partial charge on any atom is 0.407 e. The molecule has 0 aliphatic carbocycles. The van der Waals surface area contributed by atoms with Crippen molar-refractivity contribution in [2.24, 2.45) is 0 Å². The van der Waals surface area contributed by atoms with E-state index in [1.807, 2.05) is 90.1 Å². The first-order valence-corrected chi connectivity index (χ1v) is 23.4. The van der Waals surface area contributed by atoms with E-state index in [0.29, 0.717) is 118 Å². The number of alkyl carbamates (subject to hydrolysis) is 2. The molecule has 18 nitrogen and oxygen atoms in total. The van der Waals surface area contributed by atoms with Crippen molar-refractivity contribution in [3.05, 3.63) is 59.7 Å². The van der Waals surface area contributed by atoms with E-state index in [9.17, 15) is 19.2 Å². The lowest BCUT2D eigenvalue weighted by molar-refractivity contribution is 0.0377. The number of carbonyl (C=O) groups is 4. The number of aryl methyl sites for hydroxylation is 2. The SMILES string of the molecule is CC(C)(C)OC(=O)NCCCCc1ccc(OCCOCCOCCNC(=O)NCCCCNC(=O)NCCOCCOCCOc2ccc(CCCCNC(=O)OC(C)(C)C)cc2)cc1. The lowest BCUT2D eigenvalue weighted by Crippen LogP contribution is -2.39. The molecule has 18 heteroatoms. The van der Waals surface area contributed by atoms with E-state index in [1.165, 1.54) is 11.1 Å². The first-order valence-electron chi connectivity index (χ1n) is 23.4. The minimum absolute atomic E-state index is 0.268. The van der Waals surface area contributed by atoms with Gasteiger partial charge in [-0.25, -0.2) is 19.2 Å².